The Morgan fingerprint density at radius 1 is 1.19 bits per heavy atom. The summed E-state index contributed by atoms with van der Waals surface area (Å²) in [5.74, 6) is 0. The largest absolute Gasteiger partial charge is 0.317 e. The molecule has 2 aromatic rings. The van der Waals surface area contributed by atoms with Crippen molar-refractivity contribution in [1.29, 1.82) is 0 Å². The van der Waals surface area contributed by atoms with E-state index in [2.05, 4.69) is 53.0 Å². The molecule has 0 saturated carbocycles. The first kappa shape index (κ1) is 10.7. The lowest BCUT2D eigenvalue weighted by Crippen LogP contribution is -2.21. The molecule has 4 heteroatoms. The van der Waals surface area contributed by atoms with Gasteiger partial charge in [0.05, 0.1) is 17.9 Å². The molecule has 1 unspecified atom stereocenters. The van der Waals surface area contributed by atoms with Gasteiger partial charge in [-0.2, -0.15) is 0 Å². The summed E-state index contributed by atoms with van der Waals surface area (Å²) in [7, 11) is 0. The molecule has 0 aromatic carbocycles. The molecule has 1 atom stereocenters. The van der Waals surface area contributed by atoms with Crippen molar-refractivity contribution in [1.82, 2.24) is 14.6 Å². The second-order valence-electron chi connectivity index (χ2n) is 3.93. The predicted molar refractivity (Wildman–Crippen MR) is 63.7 cm³/mol. The number of nitrogens with zero attached hydrogens (tertiary/aromatic N) is 3. The zero-order valence-electron chi connectivity index (χ0n) is 9.81. The second kappa shape index (κ2) is 4.35. The summed E-state index contributed by atoms with van der Waals surface area (Å²) in [5.41, 5.74) is 6.71. The van der Waals surface area contributed by atoms with Crippen LogP contribution in [0.3, 0.4) is 0 Å². The molecule has 0 amide bonds. The lowest BCUT2D eigenvalue weighted by atomic mass is 10.2. The minimum Gasteiger partial charge on any atom is -0.317 e. The van der Waals surface area contributed by atoms with Gasteiger partial charge in [-0.25, -0.2) is 0 Å². The Bertz CT molecular complexity index is 442. The molecule has 0 aliphatic rings. The van der Waals surface area contributed by atoms with Crippen LogP contribution in [0.5, 0.6) is 0 Å². The highest BCUT2D eigenvalue weighted by Gasteiger charge is 2.08. The molecule has 2 heterocycles. The highest BCUT2D eigenvalue weighted by atomic mass is 15.4. The fraction of sp³-hybridized carbons (Fsp3) is 0.333. The van der Waals surface area contributed by atoms with Crippen molar-refractivity contribution in [2.75, 3.05) is 5.43 Å². The van der Waals surface area contributed by atoms with Gasteiger partial charge >= 0.3 is 0 Å². The van der Waals surface area contributed by atoms with E-state index < -0.39 is 0 Å². The van der Waals surface area contributed by atoms with Crippen molar-refractivity contribution in [3.63, 3.8) is 0 Å². The normalized spacial score (nSPS) is 12.4. The van der Waals surface area contributed by atoms with Gasteiger partial charge in [0.1, 0.15) is 0 Å². The van der Waals surface area contributed by atoms with Gasteiger partial charge in [-0.3, -0.25) is 14.6 Å². The van der Waals surface area contributed by atoms with Gasteiger partial charge in [0.2, 0.25) is 0 Å². The summed E-state index contributed by atoms with van der Waals surface area (Å²) < 4.78 is 2.07. The standard InChI is InChI=1S/C12H16N4/c1-9-4-5-10(2)16(9)15-11(3)12-8-13-6-7-14-12/h4-8,11,15H,1-3H3. The molecule has 1 N–H and O–H groups in total. The molecule has 84 valence electrons. The Morgan fingerprint density at radius 3 is 2.44 bits per heavy atom. The van der Waals surface area contributed by atoms with Crippen LogP contribution in [0, 0.1) is 13.8 Å². The van der Waals surface area contributed by atoms with Gasteiger partial charge in [0.15, 0.2) is 0 Å². The topological polar surface area (TPSA) is 42.7 Å². The SMILES string of the molecule is Cc1ccc(C)n1NC(C)c1cnccn1. The smallest absolute Gasteiger partial charge is 0.0832 e. The fourth-order valence-electron chi connectivity index (χ4n) is 1.67. The van der Waals surface area contributed by atoms with Crippen molar-refractivity contribution in [2.45, 2.75) is 26.8 Å². The second-order valence-corrected chi connectivity index (χ2v) is 3.93. The number of rotatable bonds is 3. The zero-order valence-corrected chi connectivity index (χ0v) is 9.81. The van der Waals surface area contributed by atoms with Crippen LogP contribution in [0.15, 0.2) is 30.7 Å². The van der Waals surface area contributed by atoms with E-state index in [9.17, 15) is 0 Å². The third-order valence-electron chi connectivity index (χ3n) is 2.62. The highest BCUT2D eigenvalue weighted by molar-refractivity contribution is 5.17. The molecule has 0 spiro atoms. The minimum atomic E-state index is 0.137. The molecule has 16 heavy (non-hydrogen) atoms. The van der Waals surface area contributed by atoms with Gasteiger partial charge in [-0.15, -0.1) is 0 Å². The van der Waals surface area contributed by atoms with Gasteiger partial charge in [-0.05, 0) is 32.9 Å². The lowest BCUT2D eigenvalue weighted by molar-refractivity contribution is 0.680. The molecule has 0 aliphatic heterocycles. The van der Waals surface area contributed by atoms with Crippen molar-refractivity contribution < 1.29 is 0 Å². The Hall–Kier alpha value is -1.84. The van der Waals surface area contributed by atoms with Gasteiger partial charge in [0.25, 0.3) is 0 Å². The van der Waals surface area contributed by atoms with E-state index in [1.54, 1.807) is 18.6 Å². The van der Waals surface area contributed by atoms with Crippen LogP contribution in [0.1, 0.15) is 30.0 Å². The van der Waals surface area contributed by atoms with Crippen molar-refractivity contribution in [2.24, 2.45) is 0 Å². The van der Waals surface area contributed by atoms with E-state index in [4.69, 9.17) is 0 Å². The van der Waals surface area contributed by atoms with Crippen LogP contribution in [-0.4, -0.2) is 14.6 Å². The van der Waals surface area contributed by atoms with Crippen molar-refractivity contribution in [3.05, 3.63) is 47.8 Å². The van der Waals surface area contributed by atoms with Crippen LogP contribution in [-0.2, 0) is 0 Å². The average molecular weight is 216 g/mol. The Morgan fingerprint density at radius 2 is 1.88 bits per heavy atom. The van der Waals surface area contributed by atoms with E-state index in [1.807, 2.05) is 0 Å². The van der Waals surface area contributed by atoms with Crippen LogP contribution >= 0.6 is 0 Å². The maximum atomic E-state index is 4.28. The molecular weight excluding hydrogens is 200 g/mol. The molecule has 2 rings (SSSR count). The quantitative estimate of drug-likeness (QED) is 0.855. The first-order valence-electron chi connectivity index (χ1n) is 5.36. The number of hydrogen-bond acceptors (Lipinski definition) is 3. The predicted octanol–water partition coefficient (Wildman–Crippen LogP) is 2.20. The molecule has 0 saturated heterocycles. The molecule has 2 aromatic heterocycles. The number of aryl methyl sites for hydroxylation is 2. The number of aromatic nitrogens is 3. The summed E-state index contributed by atoms with van der Waals surface area (Å²) in [5, 5.41) is 0. The zero-order chi connectivity index (χ0) is 11.5. The van der Waals surface area contributed by atoms with Gasteiger partial charge < -0.3 is 5.43 Å². The maximum absolute atomic E-state index is 4.28. The molecule has 0 radical (unpaired) electrons. The van der Waals surface area contributed by atoms with E-state index in [0.29, 0.717) is 0 Å². The van der Waals surface area contributed by atoms with Crippen molar-refractivity contribution in [3.8, 4) is 0 Å². The van der Waals surface area contributed by atoms with Crippen LogP contribution in [0.25, 0.3) is 0 Å². The van der Waals surface area contributed by atoms with E-state index in [-0.39, 0.29) is 6.04 Å². The van der Waals surface area contributed by atoms with Gasteiger partial charge in [0, 0.05) is 23.8 Å². The van der Waals surface area contributed by atoms with E-state index in [0.717, 1.165) is 5.69 Å². The molecular formula is C12H16N4. The van der Waals surface area contributed by atoms with Crippen LogP contribution < -0.4 is 5.43 Å². The summed E-state index contributed by atoms with van der Waals surface area (Å²) in [6.07, 6.45) is 5.18. The monoisotopic (exact) mass is 216 g/mol. The third kappa shape index (κ3) is 2.05. The Kier molecular flexibility index (Phi) is 2.90. The minimum absolute atomic E-state index is 0.137. The summed E-state index contributed by atoms with van der Waals surface area (Å²) >= 11 is 0. The molecule has 0 fully saturated rings. The van der Waals surface area contributed by atoms with E-state index >= 15 is 0 Å². The first-order chi connectivity index (χ1) is 7.68. The molecule has 4 nitrogen and oxygen atoms in total. The molecule has 0 aliphatic carbocycles. The fourth-order valence-corrected chi connectivity index (χ4v) is 1.67. The van der Waals surface area contributed by atoms with Crippen molar-refractivity contribution >= 4 is 0 Å². The number of hydrogen-bond donors (Lipinski definition) is 1. The summed E-state index contributed by atoms with van der Waals surface area (Å²) in [6.45, 7) is 6.22. The van der Waals surface area contributed by atoms with Crippen LogP contribution in [0.2, 0.25) is 0 Å². The lowest BCUT2D eigenvalue weighted by Gasteiger charge is -2.18. The third-order valence-corrected chi connectivity index (χ3v) is 2.62. The van der Waals surface area contributed by atoms with Gasteiger partial charge in [-0.1, -0.05) is 0 Å². The Balaban J connectivity index is 2.17. The summed E-state index contributed by atoms with van der Waals surface area (Å²) in [6, 6.07) is 4.32. The first-order valence-corrected chi connectivity index (χ1v) is 5.36. The summed E-state index contributed by atoms with van der Waals surface area (Å²) in [4.78, 5) is 8.35. The van der Waals surface area contributed by atoms with Crippen LogP contribution in [0.4, 0.5) is 0 Å². The highest BCUT2D eigenvalue weighted by Crippen LogP contribution is 2.12. The number of nitrogens with one attached hydrogen (secondary N) is 1. The average Bonchev–Trinajstić information content (AvgIpc) is 2.62. The molecule has 0 bridgehead atoms. The maximum Gasteiger partial charge on any atom is 0.0832 e. The van der Waals surface area contributed by atoms with E-state index in [1.165, 1.54) is 11.4 Å². The Labute approximate surface area is 95.3 Å².